The molecule has 1 amide bonds. The monoisotopic (exact) mass is 340 g/mol. The molecule has 1 fully saturated rings. The highest BCUT2D eigenvalue weighted by molar-refractivity contribution is 6.33. The summed E-state index contributed by atoms with van der Waals surface area (Å²) >= 11 is 6.17. The van der Waals surface area contributed by atoms with Crippen molar-refractivity contribution < 1.29 is 14.6 Å². The number of aryl methyl sites for hydroxylation is 1. The number of carbonyl (C=O) groups excluding carboxylic acids is 1. The number of phenols is 1. The predicted molar refractivity (Wildman–Crippen MR) is 91.6 cm³/mol. The van der Waals surface area contributed by atoms with Crippen molar-refractivity contribution in [2.45, 2.75) is 26.7 Å². The topological polar surface area (TPSA) is 61.8 Å². The number of halogens is 1. The van der Waals surface area contributed by atoms with Crippen molar-refractivity contribution in [3.63, 3.8) is 0 Å². The minimum atomic E-state index is -0.341. The number of nitrogens with zero attached hydrogens (tertiary/aromatic N) is 1. The van der Waals surface area contributed by atoms with Crippen LogP contribution in [0, 0.1) is 5.92 Å². The molecule has 1 aliphatic heterocycles. The molecule has 0 aliphatic carbocycles. The molecule has 1 unspecified atom stereocenters. The number of phenolic OH excluding ortho intramolecular Hbond substituents is 1. The largest absolute Gasteiger partial charge is 0.507 e. The molecule has 0 radical (unpaired) electrons. The lowest BCUT2D eigenvalue weighted by molar-refractivity contribution is 0.0941. The molecule has 1 aromatic carbocycles. The predicted octanol–water partition coefficient (Wildman–Crippen LogP) is 2.69. The van der Waals surface area contributed by atoms with Gasteiger partial charge in [-0.15, -0.1) is 0 Å². The van der Waals surface area contributed by atoms with Crippen LogP contribution in [-0.4, -0.2) is 49.2 Å². The summed E-state index contributed by atoms with van der Waals surface area (Å²) < 4.78 is 5.22. The Bertz CT molecular complexity index is 577. The zero-order valence-corrected chi connectivity index (χ0v) is 14.7. The Labute approximate surface area is 142 Å². The van der Waals surface area contributed by atoms with Gasteiger partial charge in [0.15, 0.2) is 5.75 Å². The summed E-state index contributed by atoms with van der Waals surface area (Å²) in [7, 11) is 1.44. The number of methoxy groups -OCH3 is 1. The Morgan fingerprint density at radius 1 is 1.52 bits per heavy atom. The highest BCUT2D eigenvalue weighted by Gasteiger charge is 2.25. The number of hydrogen-bond acceptors (Lipinski definition) is 4. The van der Waals surface area contributed by atoms with E-state index in [2.05, 4.69) is 17.1 Å². The molecule has 2 rings (SSSR count). The second kappa shape index (κ2) is 7.88. The lowest BCUT2D eigenvalue weighted by atomic mass is 10.0. The summed E-state index contributed by atoms with van der Waals surface area (Å²) in [6.07, 6.45) is 1.66. The molecular weight excluding hydrogens is 316 g/mol. The van der Waals surface area contributed by atoms with Gasteiger partial charge in [0.25, 0.3) is 5.91 Å². The van der Waals surface area contributed by atoms with Crippen LogP contribution in [0.1, 0.15) is 36.2 Å². The van der Waals surface area contributed by atoms with Crippen molar-refractivity contribution in [2.24, 2.45) is 5.92 Å². The van der Waals surface area contributed by atoms with Crippen LogP contribution < -0.4 is 10.1 Å². The molecule has 1 heterocycles. The molecule has 1 aromatic rings. The maximum Gasteiger partial charge on any atom is 0.258 e. The van der Waals surface area contributed by atoms with Crippen LogP contribution in [0.4, 0.5) is 0 Å². The van der Waals surface area contributed by atoms with Gasteiger partial charge in [-0.1, -0.05) is 25.4 Å². The highest BCUT2D eigenvalue weighted by Crippen LogP contribution is 2.38. The first-order chi connectivity index (χ1) is 11.0. The Morgan fingerprint density at radius 2 is 2.26 bits per heavy atom. The van der Waals surface area contributed by atoms with Gasteiger partial charge in [-0.25, -0.2) is 0 Å². The average molecular weight is 341 g/mol. The maximum absolute atomic E-state index is 12.6. The lowest BCUT2D eigenvalue weighted by Crippen LogP contribution is -2.31. The Hall–Kier alpha value is -1.46. The number of ether oxygens (including phenoxy) is 1. The highest BCUT2D eigenvalue weighted by atomic mass is 35.5. The molecular formula is C17H25ClN2O3. The minimum Gasteiger partial charge on any atom is -0.507 e. The standard InChI is InChI=1S/C17H25ClN2O3/c1-4-12-8-13(18)16(23-3)14(15(12)21)17(22)19-9-11-6-7-20(5-2)10-11/h8,11,21H,4-7,9-10H2,1-3H3,(H,19,22). The second-order valence-electron chi connectivity index (χ2n) is 5.89. The van der Waals surface area contributed by atoms with Crippen LogP contribution in [0.3, 0.4) is 0 Å². The number of benzene rings is 1. The number of nitrogens with one attached hydrogen (secondary N) is 1. The molecule has 1 atom stereocenters. The second-order valence-corrected chi connectivity index (χ2v) is 6.29. The molecule has 23 heavy (non-hydrogen) atoms. The molecule has 0 aromatic heterocycles. The van der Waals surface area contributed by atoms with Crippen LogP contribution in [-0.2, 0) is 6.42 Å². The molecule has 128 valence electrons. The van der Waals surface area contributed by atoms with E-state index < -0.39 is 0 Å². The summed E-state index contributed by atoms with van der Waals surface area (Å²) in [4.78, 5) is 14.9. The Kier molecular flexibility index (Phi) is 6.13. The van der Waals surface area contributed by atoms with Gasteiger partial charge in [-0.05, 0) is 43.5 Å². The van der Waals surface area contributed by atoms with E-state index in [0.29, 0.717) is 29.5 Å². The van der Waals surface area contributed by atoms with Gasteiger partial charge < -0.3 is 20.1 Å². The van der Waals surface area contributed by atoms with Gasteiger partial charge in [-0.3, -0.25) is 4.79 Å². The lowest BCUT2D eigenvalue weighted by Gasteiger charge is -2.17. The first kappa shape index (κ1) is 17.9. The van der Waals surface area contributed by atoms with Crippen LogP contribution in [0.25, 0.3) is 0 Å². The molecule has 0 saturated carbocycles. The van der Waals surface area contributed by atoms with E-state index in [0.717, 1.165) is 26.1 Å². The van der Waals surface area contributed by atoms with Gasteiger partial charge in [-0.2, -0.15) is 0 Å². The van der Waals surface area contributed by atoms with Crippen LogP contribution in [0.15, 0.2) is 6.07 Å². The summed E-state index contributed by atoms with van der Waals surface area (Å²) in [5.41, 5.74) is 0.765. The minimum absolute atomic E-state index is 0.0483. The number of rotatable bonds is 6. The van der Waals surface area contributed by atoms with Crippen molar-refractivity contribution >= 4 is 17.5 Å². The zero-order valence-electron chi connectivity index (χ0n) is 14.0. The van der Waals surface area contributed by atoms with Gasteiger partial charge in [0.1, 0.15) is 11.3 Å². The van der Waals surface area contributed by atoms with Gasteiger partial charge in [0.05, 0.1) is 12.1 Å². The first-order valence-corrected chi connectivity index (χ1v) is 8.48. The molecule has 1 saturated heterocycles. The Balaban J connectivity index is 2.14. The van der Waals surface area contributed by atoms with Crippen molar-refractivity contribution in [2.75, 3.05) is 33.3 Å². The summed E-state index contributed by atoms with van der Waals surface area (Å²) in [6, 6.07) is 1.64. The van der Waals surface area contributed by atoms with Crippen molar-refractivity contribution in [3.8, 4) is 11.5 Å². The number of hydrogen-bond donors (Lipinski definition) is 2. The van der Waals surface area contributed by atoms with E-state index in [-0.39, 0.29) is 23.0 Å². The maximum atomic E-state index is 12.6. The molecule has 0 bridgehead atoms. The fourth-order valence-corrected chi connectivity index (χ4v) is 3.35. The fraction of sp³-hybridized carbons (Fsp3) is 0.588. The smallest absolute Gasteiger partial charge is 0.258 e. The van der Waals surface area contributed by atoms with Crippen molar-refractivity contribution in [1.82, 2.24) is 10.2 Å². The fourth-order valence-electron chi connectivity index (χ4n) is 3.05. The normalized spacial score (nSPS) is 18.2. The van der Waals surface area contributed by atoms with Gasteiger partial charge in [0, 0.05) is 13.1 Å². The molecule has 5 nitrogen and oxygen atoms in total. The van der Waals surface area contributed by atoms with E-state index in [4.69, 9.17) is 16.3 Å². The Morgan fingerprint density at radius 3 is 2.83 bits per heavy atom. The number of aromatic hydroxyl groups is 1. The van der Waals surface area contributed by atoms with E-state index in [1.165, 1.54) is 7.11 Å². The molecule has 6 heteroatoms. The number of likely N-dealkylation sites (tertiary alicyclic amines) is 1. The summed E-state index contributed by atoms with van der Waals surface area (Å²) in [6.45, 7) is 7.73. The molecule has 2 N–H and O–H groups in total. The quantitative estimate of drug-likeness (QED) is 0.835. The average Bonchev–Trinajstić information content (AvgIpc) is 3.02. The third-order valence-corrected chi connectivity index (χ3v) is 4.75. The van der Waals surface area contributed by atoms with E-state index in [1.54, 1.807) is 6.07 Å². The summed E-state index contributed by atoms with van der Waals surface area (Å²) in [5.74, 6) is 0.275. The van der Waals surface area contributed by atoms with E-state index >= 15 is 0 Å². The zero-order chi connectivity index (χ0) is 17.0. The van der Waals surface area contributed by atoms with E-state index in [1.807, 2.05) is 6.92 Å². The number of carbonyl (C=O) groups is 1. The first-order valence-electron chi connectivity index (χ1n) is 8.10. The van der Waals surface area contributed by atoms with Crippen LogP contribution in [0.5, 0.6) is 11.5 Å². The van der Waals surface area contributed by atoms with Crippen molar-refractivity contribution in [1.29, 1.82) is 0 Å². The summed E-state index contributed by atoms with van der Waals surface area (Å²) in [5, 5.41) is 13.6. The van der Waals surface area contributed by atoms with Crippen LogP contribution in [0.2, 0.25) is 5.02 Å². The molecule has 0 spiro atoms. The SMILES string of the molecule is CCc1cc(Cl)c(OC)c(C(=O)NCC2CCN(CC)C2)c1O. The van der Waals surface area contributed by atoms with Gasteiger partial charge in [0.2, 0.25) is 0 Å². The van der Waals surface area contributed by atoms with Crippen LogP contribution >= 0.6 is 11.6 Å². The van der Waals surface area contributed by atoms with E-state index in [9.17, 15) is 9.90 Å². The molecule has 1 aliphatic rings. The third kappa shape index (κ3) is 3.90. The van der Waals surface area contributed by atoms with Gasteiger partial charge >= 0.3 is 0 Å². The van der Waals surface area contributed by atoms with Crippen molar-refractivity contribution in [3.05, 3.63) is 22.2 Å². The number of amides is 1. The third-order valence-electron chi connectivity index (χ3n) is 4.47.